The van der Waals surface area contributed by atoms with Crippen LogP contribution in [0.25, 0.3) is 0 Å². The Morgan fingerprint density at radius 1 is 1.35 bits per heavy atom. The molecule has 2 rings (SSSR count). The lowest BCUT2D eigenvalue weighted by Crippen LogP contribution is -2.34. The fraction of sp³-hybridized carbons (Fsp3) is 0.429. The molecule has 6 heteroatoms. The van der Waals surface area contributed by atoms with Crippen molar-refractivity contribution in [3.63, 3.8) is 0 Å². The van der Waals surface area contributed by atoms with Gasteiger partial charge in [-0.3, -0.25) is 4.79 Å². The zero-order valence-corrected chi connectivity index (χ0v) is 11.7. The Balaban J connectivity index is 2.14. The maximum absolute atomic E-state index is 12.2. The highest BCUT2D eigenvalue weighted by atomic mass is 35.5. The summed E-state index contributed by atoms with van der Waals surface area (Å²) in [4.78, 5) is 23.3. The molecule has 1 amide bonds. The van der Waals surface area contributed by atoms with E-state index < -0.39 is 5.97 Å². The standard InChI is InChI=1S/C14H17ClN2O3/c15-9-4-5-11(14(19)20)12(7-9)17-13(18)8-2-1-3-10(16)6-8/h4-5,7-8,10H,1-3,6,16H2,(H,17,18)(H,19,20). The first-order valence-corrected chi connectivity index (χ1v) is 6.94. The van der Waals surface area contributed by atoms with Crippen LogP contribution in [-0.2, 0) is 4.79 Å². The molecule has 1 aromatic carbocycles. The fourth-order valence-electron chi connectivity index (χ4n) is 2.51. The molecule has 0 radical (unpaired) electrons. The third-order valence-corrected chi connectivity index (χ3v) is 3.79. The van der Waals surface area contributed by atoms with Gasteiger partial charge in [-0.25, -0.2) is 4.79 Å². The predicted molar refractivity (Wildman–Crippen MR) is 77.0 cm³/mol. The van der Waals surface area contributed by atoms with Crippen LogP contribution in [0.4, 0.5) is 5.69 Å². The monoisotopic (exact) mass is 296 g/mol. The number of carbonyl (C=O) groups excluding carboxylic acids is 1. The van der Waals surface area contributed by atoms with E-state index in [9.17, 15) is 9.59 Å². The normalized spacial score (nSPS) is 22.3. The summed E-state index contributed by atoms with van der Waals surface area (Å²) in [6, 6.07) is 4.35. The first-order chi connectivity index (χ1) is 9.47. The summed E-state index contributed by atoms with van der Waals surface area (Å²) in [6.45, 7) is 0. The van der Waals surface area contributed by atoms with Crippen molar-refractivity contribution >= 4 is 29.2 Å². The molecule has 2 unspecified atom stereocenters. The zero-order chi connectivity index (χ0) is 14.7. The number of hydrogen-bond acceptors (Lipinski definition) is 3. The number of nitrogens with two attached hydrogens (primary N) is 1. The summed E-state index contributed by atoms with van der Waals surface area (Å²) >= 11 is 5.85. The summed E-state index contributed by atoms with van der Waals surface area (Å²) in [5.41, 5.74) is 6.12. The van der Waals surface area contributed by atoms with Gasteiger partial charge >= 0.3 is 5.97 Å². The van der Waals surface area contributed by atoms with Gasteiger partial charge in [0, 0.05) is 17.0 Å². The predicted octanol–water partition coefficient (Wildman–Crippen LogP) is 2.49. The Bertz CT molecular complexity index is 533. The largest absolute Gasteiger partial charge is 0.478 e. The Kier molecular flexibility index (Phi) is 4.62. The minimum atomic E-state index is -1.10. The number of aromatic carboxylic acids is 1. The quantitative estimate of drug-likeness (QED) is 0.799. The molecule has 0 bridgehead atoms. The van der Waals surface area contributed by atoms with Gasteiger partial charge in [0.05, 0.1) is 11.3 Å². The van der Waals surface area contributed by atoms with Crippen LogP contribution in [0.3, 0.4) is 0 Å². The van der Waals surface area contributed by atoms with Gasteiger partial charge in [-0.1, -0.05) is 18.0 Å². The highest BCUT2D eigenvalue weighted by molar-refractivity contribution is 6.31. The molecule has 20 heavy (non-hydrogen) atoms. The Hall–Kier alpha value is -1.59. The van der Waals surface area contributed by atoms with E-state index >= 15 is 0 Å². The molecule has 2 atom stereocenters. The summed E-state index contributed by atoms with van der Waals surface area (Å²) < 4.78 is 0. The molecule has 0 aromatic heterocycles. The van der Waals surface area contributed by atoms with Gasteiger partial charge in [0.15, 0.2) is 0 Å². The molecule has 4 N–H and O–H groups in total. The number of amides is 1. The molecule has 0 aliphatic heterocycles. The molecule has 0 saturated heterocycles. The van der Waals surface area contributed by atoms with E-state index in [0.29, 0.717) is 11.4 Å². The lowest BCUT2D eigenvalue weighted by molar-refractivity contribution is -0.120. The van der Waals surface area contributed by atoms with E-state index in [1.165, 1.54) is 18.2 Å². The summed E-state index contributed by atoms with van der Waals surface area (Å²) in [6.07, 6.45) is 3.26. The van der Waals surface area contributed by atoms with E-state index in [0.717, 1.165) is 19.3 Å². The molecule has 5 nitrogen and oxygen atoms in total. The third kappa shape index (κ3) is 3.49. The molecular formula is C14H17ClN2O3. The Morgan fingerprint density at radius 3 is 2.75 bits per heavy atom. The molecular weight excluding hydrogens is 280 g/mol. The number of halogens is 1. The SMILES string of the molecule is NC1CCCC(C(=O)Nc2cc(Cl)ccc2C(=O)O)C1. The van der Waals surface area contributed by atoms with Crippen molar-refractivity contribution in [2.45, 2.75) is 31.7 Å². The smallest absolute Gasteiger partial charge is 0.337 e. The lowest BCUT2D eigenvalue weighted by atomic mass is 9.85. The second-order valence-electron chi connectivity index (χ2n) is 5.11. The van der Waals surface area contributed by atoms with Crippen LogP contribution in [-0.4, -0.2) is 23.0 Å². The van der Waals surface area contributed by atoms with Gasteiger partial charge in [-0.2, -0.15) is 0 Å². The van der Waals surface area contributed by atoms with Crippen molar-refractivity contribution in [2.75, 3.05) is 5.32 Å². The van der Waals surface area contributed by atoms with Gasteiger partial charge in [0.25, 0.3) is 0 Å². The number of benzene rings is 1. The zero-order valence-electron chi connectivity index (χ0n) is 10.9. The number of anilines is 1. The maximum atomic E-state index is 12.2. The number of nitrogens with one attached hydrogen (secondary N) is 1. The van der Waals surface area contributed by atoms with Gasteiger partial charge in [0.2, 0.25) is 5.91 Å². The molecule has 1 fully saturated rings. The summed E-state index contributed by atoms with van der Waals surface area (Å²) in [5.74, 6) is -1.46. The summed E-state index contributed by atoms with van der Waals surface area (Å²) in [7, 11) is 0. The number of hydrogen-bond donors (Lipinski definition) is 3. The fourth-order valence-corrected chi connectivity index (χ4v) is 2.68. The number of carboxylic acid groups (broad SMARTS) is 1. The van der Waals surface area contributed by atoms with Crippen LogP contribution < -0.4 is 11.1 Å². The van der Waals surface area contributed by atoms with Crippen molar-refractivity contribution in [3.05, 3.63) is 28.8 Å². The van der Waals surface area contributed by atoms with Crippen LogP contribution >= 0.6 is 11.6 Å². The third-order valence-electron chi connectivity index (χ3n) is 3.56. The topological polar surface area (TPSA) is 92.4 Å². The van der Waals surface area contributed by atoms with E-state index in [2.05, 4.69) is 5.32 Å². The van der Waals surface area contributed by atoms with Gasteiger partial charge in [0.1, 0.15) is 0 Å². The highest BCUT2D eigenvalue weighted by Gasteiger charge is 2.26. The van der Waals surface area contributed by atoms with E-state index in [1.54, 1.807) is 0 Å². The average molecular weight is 297 g/mol. The van der Waals surface area contributed by atoms with Crippen LogP contribution in [0.5, 0.6) is 0 Å². The molecule has 1 saturated carbocycles. The molecule has 1 aromatic rings. The highest BCUT2D eigenvalue weighted by Crippen LogP contribution is 2.26. The molecule has 0 spiro atoms. The summed E-state index contributed by atoms with van der Waals surface area (Å²) in [5, 5.41) is 12.2. The van der Waals surface area contributed by atoms with Gasteiger partial charge < -0.3 is 16.2 Å². The minimum Gasteiger partial charge on any atom is -0.478 e. The van der Waals surface area contributed by atoms with Crippen molar-refractivity contribution in [2.24, 2.45) is 11.7 Å². The second-order valence-corrected chi connectivity index (χ2v) is 5.54. The van der Waals surface area contributed by atoms with Gasteiger partial charge in [-0.05, 0) is 37.5 Å². The van der Waals surface area contributed by atoms with Crippen molar-refractivity contribution in [3.8, 4) is 0 Å². The van der Waals surface area contributed by atoms with Crippen molar-refractivity contribution < 1.29 is 14.7 Å². The van der Waals surface area contributed by atoms with Crippen molar-refractivity contribution in [1.82, 2.24) is 0 Å². The Labute approximate surface area is 122 Å². The minimum absolute atomic E-state index is 0.0304. The second kappa shape index (κ2) is 6.24. The first-order valence-electron chi connectivity index (χ1n) is 6.56. The first kappa shape index (κ1) is 14.8. The average Bonchev–Trinajstić information content (AvgIpc) is 2.38. The Morgan fingerprint density at radius 2 is 2.10 bits per heavy atom. The number of carboxylic acids is 1. The van der Waals surface area contributed by atoms with E-state index in [1.807, 2.05) is 0 Å². The van der Waals surface area contributed by atoms with Gasteiger partial charge in [-0.15, -0.1) is 0 Å². The van der Waals surface area contributed by atoms with Crippen molar-refractivity contribution in [1.29, 1.82) is 0 Å². The van der Waals surface area contributed by atoms with Crippen LogP contribution in [0.1, 0.15) is 36.0 Å². The van der Waals surface area contributed by atoms with Crippen LogP contribution in [0, 0.1) is 5.92 Å². The molecule has 1 aliphatic carbocycles. The lowest BCUT2D eigenvalue weighted by Gasteiger charge is -2.25. The van der Waals surface area contributed by atoms with E-state index in [-0.39, 0.29) is 29.1 Å². The maximum Gasteiger partial charge on any atom is 0.337 e. The molecule has 108 valence electrons. The van der Waals surface area contributed by atoms with Crippen LogP contribution in [0.2, 0.25) is 5.02 Å². The number of rotatable bonds is 3. The van der Waals surface area contributed by atoms with E-state index in [4.69, 9.17) is 22.4 Å². The molecule has 0 heterocycles. The molecule has 1 aliphatic rings. The number of carbonyl (C=O) groups is 2. The van der Waals surface area contributed by atoms with Crippen LogP contribution in [0.15, 0.2) is 18.2 Å².